The van der Waals surface area contributed by atoms with E-state index >= 15 is 0 Å². The fourth-order valence-electron chi connectivity index (χ4n) is 7.96. The standard InChI is InChI=1S/C55H62O11/c1-3-4-5-6-7-8-9-22-33-59-45-31-32-46-47(34-45)64-54(57)52(63-40(2)56)49(46)66-55-53(62-38-44-29-20-13-21-30-44)51(61-37-43-27-18-12-19-28-43)50(60-36-42-25-16-11-17-26-42)48(65-55)39-58-35-41-23-14-10-15-24-41/h10-21,23-32,34,48,50-51,53,55H,3-9,22,33,35-39H2,1-2H3/t48-,50+,51+,53-,55+/m1/s1. The van der Waals surface area contributed by atoms with Crippen LogP contribution in [-0.2, 0) is 54.9 Å². The number of benzene rings is 5. The maximum Gasteiger partial charge on any atom is 0.383 e. The van der Waals surface area contributed by atoms with Crippen LogP contribution in [0.4, 0.5) is 0 Å². The number of carbonyl (C=O) groups excluding carboxylic acids is 1. The number of rotatable bonds is 26. The minimum Gasteiger partial charge on any atom is -0.493 e. The van der Waals surface area contributed by atoms with Crippen LogP contribution in [0.25, 0.3) is 11.0 Å². The lowest BCUT2D eigenvalue weighted by molar-refractivity contribution is -0.310. The summed E-state index contributed by atoms with van der Waals surface area (Å²) < 4.78 is 58.1. The van der Waals surface area contributed by atoms with E-state index in [-0.39, 0.29) is 37.8 Å². The summed E-state index contributed by atoms with van der Waals surface area (Å²) in [6.07, 6.45) is 4.85. The molecule has 0 bridgehead atoms. The Morgan fingerprint density at radius 2 is 1.09 bits per heavy atom. The van der Waals surface area contributed by atoms with Crippen molar-refractivity contribution < 1.29 is 47.1 Å². The summed E-state index contributed by atoms with van der Waals surface area (Å²) in [5.74, 6) is -0.682. The van der Waals surface area contributed by atoms with Crippen molar-refractivity contribution in [3.63, 3.8) is 0 Å². The molecule has 5 aromatic carbocycles. The highest BCUT2D eigenvalue weighted by Gasteiger charge is 2.50. The molecule has 1 fully saturated rings. The topological polar surface area (TPSA) is 121 Å². The Hall–Kier alpha value is -5.82. The Bertz CT molecular complexity index is 2390. The van der Waals surface area contributed by atoms with E-state index in [1.807, 2.05) is 121 Å². The van der Waals surface area contributed by atoms with E-state index in [9.17, 15) is 9.59 Å². The van der Waals surface area contributed by atoms with Gasteiger partial charge in [0.25, 0.3) is 5.75 Å². The molecule has 0 aliphatic carbocycles. The first-order valence-corrected chi connectivity index (χ1v) is 23.3. The zero-order chi connectivity index (χ0) is 45.8. The minimum atomic E-state index is -1.26. The van der Waals surface area contributed by atoms with Crippen molar-refractivity contribution in [3.05, 3.63) is 172 Å². The Kier molecular flexibility index (Phi) is 18.8. The molecule has 66 heavy (non-hydrogen) atoms. The highest BCUT2D eigenvalue weighted by Crippen LogP contribution is 2.39. The van der Waals surface area contributed by atoms with E-state index in [0.717, 1.165) is 41.5 Å². The summed E-state index contributed by atoms with van der Waals surface area (Å²) in [7, 11) is 0. The quantitative estimate of drug-likeness (QED) is 0.0294. The molecule has 1 aliphatic rings. The largest absolute Gasteiger partial charge is 0.493 e. The van der Waals surface area contributed by atoms with Crippen LogP contribution >= 0.6 is 0 Å². The zero-order valence-electron chi connectivity index (χ0n) is 38.1. The van der Waals surface area contributed by atoms with Crippen LogP contribution in [0.3, 0.4) is 0 Å². The monoisotopic (exact) mass is 898 g/mol. The van der Waals surface area contributed by atoms with Gasteiger partial charge in [0.15, 0.2) is 5.75 Å². The average Bonchev–Trinajstić information content (AvgIpc) is 3.34. The number of hydrogen-bond donors (Lipinski definition) is 0. The minimum absolute atomic E-state index is 0.0567. The molecule has 6 aromatic rings. The number of ether oxygens (including phenoxy) is 8. The van der Waals surface area contributed by atoms with Gasteiger partial charge in [0, 0.05) is 13.0 Å². The summed E-state index contributed by atoms with van der Waals surface area (Å²) in [5.41, 5.74) is 3.05. The molecule has 2 heterocycles. The molecule has 0 N–H and O–H groups in total. The first kappa shape index (κ1) is 48.1. The van der Waals surface area contributed by atoms with Gasteiger partial charge in [-0.1, -0.05) is 173 Å². The summed E-state index contributed by atoms with van der Waals surface area (Å²) >= 11 is 0. The SMILES string of the molecule is CCCCCCCCCCOc1ccc2c(O[C@@H]3O[C@H](COCc4ccccc4)[C@H](OCc4ccccc4)[C@H](OCc4ccccc4)[C@H]3OCc3ccccc3)c(OC(C)=O)c(=O)oc2c1. The van der Waals surface area contributed by atoms with Gasteiger partial charge in [0.2, 0.25) is 6.29 Å². The van der Waals surface area contributed by atoms with Gasteiger partial charge in [0.1, 0.15) is 35.7 Å². The summed E-state index contributed by atoms with van der Waals surface area (Å²) in [6.45, 7) is 4.96. The lowest BCUT2D eigenvalue weighted by Crippen LogP contribution is -2.62. The average molecular weight is 899 g/mol. The van der Waals surface area contributed by atoms with E-state index < -0.39 is 48.1 Å². The molecule has 0 radical (unpaired) electrons. The third-order valence-electron chi connectivity index (χ3n) is 11.4. The number of fused-ring (bicyclic) bond motifs is 1. The lowest BCUT2D eigenvalue weighted by Gasteiger charge is -2.45. The third kappa shape index (κ3) is 14.3. The normalized spacial score (nSPS) is 18.2. The molecule has 348 valence electrons. The van der Waals surface area contributed by atoms with Crippen LogP contribution in [0.15, 0.2) is 149 Å². The Morgan fingerprint density at radius 1 is 0.576 bits per heavy atom. The van der Waals surface area contributed by atoms with Crippen LogP contribution in [0, 0.1) is 0 Å². The molecule has 1 aromatic heterocycles. The molecule has 0 unspecified atom stereocenters. The maximum atomic E-state index is 13.8. The van der Waals surface area contributed by atoms with E-state index in [1.165, 1.54) is 39.0 Å². The summed E-state index contributed by atoms with van der Waals surface area (Å²) in [6, 6.07) is 44.5. The first-order chi connectivity index (χ1) is 32.4. The van der Waals surface area contributed by atoms with Gasteiger partial charge < -0.3 is 42.3 Å². The molecule has 1 saturated heterocycles. The van der Waals surface area contributed by atoms with E-state index in [4.69, 9.17) is 42.3 Å². The molecular weight excluding hydrogens is 837 g/mol. The molecule has 11 heteroatoms. The molecule has 0 amide bonds. The van der Waals surface area contributed by atoms with Crippen LogP contribution in [-0.4, -0.2) is 49.9 Å². The predicted molar refractivity (Wildman–Crippen MR) is 252 cm³/mol. The Morgan fingerprint density at radius 3 is 1.65 bits per heavy atom. The van der Waals surface area contributed by atoms with Gasteiger partial charge in [-0.15, -0.1) is 0 Å². The van der Waals surface area contributed by atoms with E-state index in [1.54, 1.807) is 18.2 Å². The Labute approximate surface area is 387 Å². The number of carbonyl (C=O) groups is 1. The highest BCUT2D eigenvalue weighted by molar-refractivity contribution is 5.87. The second-order valence-corrected chi connectivity index (χ2v) is 16.6. The summed E-state index contributed by atoms with van der Waals surface area (Å²) in [4.78, 5) is 26.4. The van der Waals surface area contributed by atoms with Crippen LogP contribution in [0.1, 0.15) is 87.5 Å². The zero-order valence-corrected chi connectivity index (χ0v) is 38.1. The molecule has 7 rings (SSSR count). The van der Waals surface area contributed by atoms with Crippen LogP contribution < -0.4 is 19.8 Å². The smallest absolute Gasteiger partial charge is 0.383 e. The Balaban J connectivity index is 1.23. The second kappa shape index (κ2) is 25.8. The van der Waals surface area contributed by atoms with Crippen molar-refractivity contribution in [3.8, 4) is 17.2 Å². The van der Waals surface area contributed by atoms with Crippen LogP contribution in [0.2, 0.25) is 0 Å². The maximum absolute atomic E-state index is 13.8. The van der Waals surface area contributed by atoms with Gasteiger partial charge >= 0.3 is 11.6 Å². The van der Waals surface area contributed by atoms with Gasteiger partial charge in [-0.05, 0) is 40.8 Å². The predicted octanol–water partition coefficient (Wildman–Crippen LogP) is 11.3. The van der Waals surface area contributed by atoms with Crippen LogP contribution in [0.5, 0.6) is 17.2 Å². The summed E-state index contributed by atoms with van der Waals surface area (Å²) in [5, 5.41) is 0.358. The lowest BCUT2D eigenvalue weighted by atomic mass is 9.97. The molecular formula is C55H62O11. The van der Waals surface area contributed by atoms with E-state index in [2.05, 4.69) is 6.92 Å². The highest BCUT2D eigenvalue weighted by atomic mass is 16.7. The molecule has 0 saturated carbocycles. The van der Waals surface area contributed by atoms with Gasteiger partial charge in [-0.3, -0.25) is 4.79 Å². The van der Waals surface area contributed by atoms with Crippen molar-refractivity contribution in [2.75, 3.05) is 13.2 Å². The fraction of sp³-hybridized carbons (Fsp3) is 0.382. The molecule has 5 atom stereocenters. The first-order valence-electron chi connectivity index (χ1n) is 23.3. The van der Waals surface area contributed by atoms with Crippen molar-refractivity contribution in [1.29, 1.82) is 0 Å². The van der Waals surface area contributed by atoms with Crippen molar-refractivity contribution in [1.82, 2.24) is 0 Å². The number of esters is 1. The van der Waals surface area contributed by atoms with Gasteiger partial charge in [-0.2, -0.15) is 0 Å². The van der Waals surface area contributed by atoms with Crippen molar-refractivity contribution in [2.45, 2.75) is 122 Å². The van der Waals surface area contributed by atoms with Crippen molar-refractivity contribution in [2.24, 2.45) is 0 Å². The van der Waals surface area contributed by atoms with Gasteiger partial charge in [0.05, 0.1) is 45.0 Å². The van der Waals surface area contributed by atoms with Gasteiger partial charge in [-0.25, -0.2) is 4.79 Å². The van der Waals surface area contributed by atoms with E-state index in [0.29, 0.717) is 24.3 Å². The fourth-order valence-corrected chi connectivity index (χ4v) is 7.96. The molecule has 11 nitrogen and oxygen atoms in total. The molecule has 1 aliphatic heterocycles. The molecule has 0 spiro atoms. The number of unbranched alkanes of at least 4 members (excludes halogenated alkanes) is 7. The van der Waals surface area contributed by atoms with Crippen molar-refractivity contribution >= 4 is 16.9 Å². The third-order valence-corrected chi connectivity index (χ3v) is 11.4. The second-order valence-electron chi connectivity index (χ2n) is 16.6. The number of hydrogen-bond acceptors (Lipinski definition) is 11.